The average Bonchev–Trinajstić information content (AvgIpc) is 2.51. The highest BCUT2D eigenvalue weighted by molar-refractivity contribution is 7.84. The molecule has 0 aromatic rings. The van der Waals surface area contributed by atoms with E-state index < -0.39 is 32.2 Å². The van der Waals surface area contributed by atoms with Crippen molar-refractivity contribution in [1.29, 1.82) is 0 Å². The van der Waals surface area contributed by atoms with Gasteiger partial charge in [-0.3, -0.25) is 0 Å². The Bertz CT molecular complexity index is 358. The lowest BCUT2D eigenvalue weighted by atomic mass is 10.3. The molecular weight excluding hydrogens is 280 g/mol. The molecule has 0 spiro atoms. The minimum atomic E-state index is -6.08. The van der Waals surface area contributed by atoms with Gasteiger partial charge >= 0.3 is 27.7 Å². The number of hydrogen-bond acceptors (Lipinski definition) is 3. The Balaban J connectivity index is 3.20. The van der Waals surface area contributed by atoms with E-state index >= 15 is 0 Å². The summed E-state index contributed by atoms with van der Waals surface area (Å²) in [6.45, 7) is 0. The van der Waals surface area contributed by atoms with Crippen molar-refractivity contribution in [2.75, 3.05) is 0 Å². The summed E-state index contributed by atoms with van der Waals surface area (Å²) in [6.07, 6.45) is -5.88. The second-order valence-corrected chi connectivity index (χ2v) is 4.03. The van der Waals surface area contributed by atoms with Gasteiger partial charge in [0.2, 0.25) is 0 Å². The molecule has 0 aromatic heterocycles. The molecule has 0 bridgehead atoms. The highest BCUT2D eigenvalue weighted by Gasteiger charge is 2.89. The molecule has 0 aromatic carbocycles. The third kappa shape index (κ3) is 1.77. The number of halogens is 7. The van der Waals surface area contributed by atoms with Crippen LogP contribution in [0, 0.1) is 0 Å². The van der Waals surface area contributed by atoms with Gasteiger partial charge in [0.05, 0.1) is 0 Å². The Kier molecular flexibility index (Phi) is 2.47. The van der Waals surface area contributed by atoms with Gasteiger partial charge in [-0.25, -0.2) is 4.84 Å². The van der Waals surface area contributed by atoms with E-state index in [0.717, 1.165) is 0 Å². The topological polar surface area (TPSA) is 49.7 Å². The quantitative estimate of drug-likeness (QED) is 0.333. The molecule has 2 unspecified atom stereocenters. The Morgan fingerprint density at radius 1 is 1.20 bits per heavy atom. The van der Waals surface area contributed by atoms with Gasteiger partial charge in [0.15, 0.2) is 0 Å². The second-order valence-electron chi connectivity index (χ2n) is 2.40. The molecule has 1 aliphatic heterocycles. The summed E-state index contributed by atoms with van der Waals surface area (Å²) in [7, 11) is -6.08. The summed E-state index contributed by atoms with van der Waals surface area (Å²) < 4.78 is 91.0. The number of nitrogens with zero attached hydrogens (tertiary/aromatic N) is 1. The van der Waals surface area contributed by atoms with Crippen LogP contribution in [0.5, 0.6) is 0 Å². The fourth-order valence-electron chi connectivity index (χ4n) is 0.769. The lowest BCUT2D eigenvalue weighted by Crippen LogP contribution is -2.49. The minimum absolute atomic E-state index is 1.53. The molecule has 1 fully saturated rings. The van der Waals surface area contributed by atoms with E-state index in [0.29, 0.717) is 0 Å². The Morgan fingerprint density at radius 3 is 1.67 bits per heavy atom. The lowest BCUT2D eigenvalue weighted by molar-refractivity contribution is -0.229. The normalized spacial score (nSPS) is 32.9. The van der Waals surface area contributed by atoms with Crippen molar-refractivity contribution in [3.63, 3.8) is 0 Å². The molecule has 12 heteroatoms. The molecule has 0 aliphatic carbocycles. The molecule has 15 heavy (non-hydrogen) atoms. The molecule has 0 amide bonds. The van der Waals surface area contributed by atoms with E-state index in [9.17, 15) is 34.3 Å². The summed E-state index contributed by atoms with van der Waals surface area (Å²) in [4.78, 5) is 3.06. The fourth-order valence-corrected chi connectivity index (χ4v) is 1.76. The monoisotopic (exact) mass is 279 g/mol. The number of rotatable bonds is 2. The Hall–Kier alpha value is -0.260. The fraction of sp³-hybridized carbons (Fsp3) is 1.00. The average molecular weight is 280 g/mol. The smallest absolute Gasteiger partial charge is 0.235 e. The van der Waals surface area contributed by atoms with Gasteiger partial charge in [0.1, 0.15) is 0 Å². The van der Waals surface area contributed by atoms with E-state index in [-0.39, 0.29) is 0 Å². The maximum Gasteiger partial charge on any atom is 0.444 e. The third-order valence-electron chi connectivity index (χ3n) is 1.41. The van der Waals surface area contributed by atoms with Gasteiger partial charge < -0.3 is 0 Å². The van der Waals surface area contributed by atoms with Gasteiger partial charge in [0.25, 0.3) is 0 Å². The highest BCUT2D eigenvalue weighted by atomic mass is 35.5. The standard InChI is InChI=1S/C3ClF6NO3S/c4-2(5,6)1(3(7,8)9)11(14-1)15(10,12)13. The van der Waals surface area contributed by atoms with Crippen LogP contribution in [0.2, 0.25) is 0 Å². The first-order valence-corrected chi connectivity index (χ1v) is 4.63. The van der Waals surface area contributed by atoms with Crippen LogP contribution in [0.1, 0.15) is 0 Å². The van der Waals surface area contributed by atoms with Crippen LogP contribution >= 0.6 is 11.6 Å². The summed E-state index contributed by atoms with van der Waals surface area (Å²) in [5.74, 6) is 0. The maximum absolute atomic E-state index is 12.3. The molecule has 0 saturated carbocycles. The van der Waals surface area contributed by atoms with Crippen LogP contribution in [0.3, 0.4) is 0 Å². The van der Waals surface area contributed by atoms with E-state index in [1.165, 1.54) is 0 Å². The SMILES string of the molecule is O=S(=O)(F)N1OC1(C(F)(F)F)C(F)(F)Cl. The van der Waals surface area contributed by atoms with Gasteiger partial charge in [-0.05, 0) is 11.6 Å². The lowest BCUT2D eigenvalue weighted by Gasteiger charge is -2.18. The van der Waals surface area contributed by atoms with Crippen LogP contribution in [0.4, 0.5) is 25.8 Å². The summed E-state index contributed by atoms with van der Waals surface area (Å²) in [5.41, 5.74) is -4.67. The molecule has 90 valence electrons. The van der Waals surface area contributed by atoms with Gasteiger partial charge in [-0.1, -0.05) is 3.89 Å². The Labute approximate surface area is 83.6 Å². The van der Waals surface area contributed by atoms with Gasteiger partial charge in [-0.15, -0.1) is 0 Å². The summed E-state index contributed by atoms with van der Waals surface area (Å²) in [6, 6.07) is 0. The molecular formula is C3ClF6NO3S. The summed E-state index contributed by atoms with van der Waals surface area (Å²) >= 11 is 4.02. The largest absolute Gasteiger partial charge is 0.444 e. The van der Waals surface area contributed by atoms with E-state index in [1.54, 1.807) is 0 Å². The molecule has 1 rings (SSSR count). The van der Waals surface area contributed by atoms with Crippen molar-refractivity contribution in [1.82, 2.24) is 4.47 Å². The highest BCUT2D eigenvalue weighted by Crippen LogP contribution is 2.60. The minimum Gasteiger partial charge on any atom is -0.235 e. The van der Waals surface area contributed by atoms with E-state index in [1.807, 2.05) is 0 Å². The van der Waals surface area contributed by atoms with Gasteiger partial charge in [0, 0.05) is 4.47 Å². The van der Waals surface area contributed by atoms with Crippen molar-refractivity contribution in [2.24, 2.45) is 0 Å². The first-order valence-electron chi connectivity index (χ1n) is 2.91. The maximum atomic E-state index is 12.3. The molecule has 0 N–H and O–H groups in total. The first kappa shape index (κ1) is 12.8. The van der Waals surface area contributed by atoms with Gasteiger partial charge in [-0.2, -0.15) is 30.4 Å². The Morgan fingerprint density at radius 2 is 1.60 bits per heavy atom. The summed E-state index contributed by atoms with van der Waals surface area (Å²) in [5, 5.41) is -5.15. The predicted molar refractivity (Wildman–Crippen MR) is 32.5 cm³/mol. The zero-order chi connectivity index (χ0) is 12.3. The molecule has 1 saturated heterocycles. The molecule has 4 nitrogen and oxygen atoms in total. The van der Waals surface area contributed by atoms with E-state index in [2.05, 4.69) is 16.4 Å². The second kappa shape index (κ2) is 2.90. The zero-order valence-electron chi connectivity index (χ0n) is 6.23. The van der Waals surface area contributed by atoms with Crippen LogP contribution in [0.25, 0.3) is 0 Å². The predicted octanol–water partition coefficient (Wildman–Crippen LogP) is 1.54. The molecule has 1 heterocycles. The number of alkyl halides is 6. The molecule has 0 radical (unpaired) electrons. The molecule has 1 aliphatic rings. The van der Waals surface area contributed by atoms with E-state index in [4.69, 9.17) is 0 Å². The van der Waals surface area contributed by atoms with Crippen LogP contribution in [-0.2, 0) is 15.2 Å². The first-order chi connectivity index (χ1) is 6.34. The van der Waals surface area contributed by atoms with Crippen molar-refractivity contribution < 1.29 is 39.1 Å². The number of hydroxylamine groups is 1. The van der Waals surface area contributed by atoms with Crippen molar-refractivity contribution in [2.45, 2.75) is 17.3 Å². The van der Waals surface area contributed by atoms with Crippen LogP contribution < -0.4 is 0 Å². The molecule has 2 atom stereocenters. The van der Waals surface area contributed by atoms with Crippen molar-refractivity contribution in [3.05, 3.63) is 0 Å². The number of hydrogen-bond donors (Lipinski definition) is 0. The van der Waals surface area contributed by atoms with Crippen molar-refractivity contribution >= 4 is 22.0 Å². The van der Waals surface area contributed by atoms with Crippen LogP contribution in [-0.4, -0.2) is 30.2 Å². The van der Waals surface area contributed by atoms with Crippen LogP contribution in [0.15, 0.2) is 0 Å². The zero-order valence-corrected chi connectivity index (χ0v) is 7.80. The van der Waals surface area contributed by atoms with Crippen molar-refractivity contribution in [3.8, 4) is 0 Å². The third-order valence-corrected chi connectivity index (χ3v) is 2.39.